The molecule has 0 saturated heterocycles. The van der Waals surface area contributed by atoms with Crippen molar-refractivity contribution in [2.24, 2.45) is 5.92 Å². The van der Waals surface area contributed by atoms with Crippen molar-refractivity contribution in [2.75, 3.05) is 0 Å². The van der Waals surface area contributed by atoms with Crippen LogP contribution in [-0.4, -0.2) is 53.2 Å². The van der Waals surface area contributed by atoms with E-state index in [0.29, 0.717) is 6.07 Å². The third kappa shape index (κ3) is 6.83. The van der Waals surface area contributed by atoms with E-state index in [4.69, 9.17) is 9.47 Å². The third-order valence-electron chi connectivity index (χ3n) is 5.08. The van der Waals surface area contributed by atoms with Crippen molar-refractivity contribution in [3.8, 4) is 0 Å². The largest absolute Gasteiger partial charge is 0.449 e. The minimum absolute atomic E-state index is 0.122. The number of halogens is 2. The second kappa shape index (κ2) is 10.8. The fourth-order valence-electron chi connectivity index (χ4n) is 3.54. The van der Waals surface area contributed by atoms with Gasteiger partial charge < -0.3 is 14.8 Å². The molecule has 2 aromatic heterocycles. The minimum atomic E-state index is -1.78. The van der Waals surface area contributed by atoms with Crippen LogP contribution in [0.15, 0.2) is 43.5 Å². The maximum Gasteiger partial charge on any atom is 0.408 e. The van der Waals surface area contributed by atoms with Crippen LogP contribution in [0.1, 0.15) is 40.2 Å². The Morgan fingerprint density at radius 2 is 1.58 bits per heavy atom. The Balaban J connectivity index is 2.05. The lowest BCUT2D eigenvalue weighted by Crippen LogP contribution is -2.51. The van der Waals surface area contributed by atoms with Crippen molar-refractivity contribution in [3.63, 3.8) is 0 Å². The predicted octanol–water partition coefficient (Wildman–Crippen LogP) is 2.84. The fourth-order valence-corrected chi connectivity index (χ4v) is 3.54. The standard InChI is InChI=1S/C23H29F2N7O4/c1-15(2)19(30-21(34)36-22(3,4)5)20(33)35-23(9-31-13-26-11-28-31,10-32-14-27-12-29-32)17-7-6-16(24)8-18(17)25/h6-8,11-15,19H,9-10H2,1-5H3,(H,30,34). The lowest BCUT2D eigenvalue weighted by molar-refractivity contribution is -0.170. The van der Waals surface area contributed by atoms with E-state index in [0.717, 1.165) is 6.07 Å². The molecular formula is C23H29F2N7O4. The zero-order chi connectivity index (χ0) is 26.5. The summed E-state index contributed by atoms with van der Waals surface area (Å²) in [6.45, 7) is 8.09. The molecule has 0 saturated carbocycles. The maximum atomic E-state index is 15.2. The van der Waals surface area contributed by atoms with Crippen LogP contribution in [0.25, 0.3) is 0 Å². The number of nitrogens with one attached hydrogen (secondary N) is 1. The van der Waals surface area contributed by atoms with Crippen LogP contribution in [0.3, 0.4) is 0 Å². The summed E-state index contributed by atoms with van der Waals surface area (Å²) < 4.78 is 43.0. The van der Waals surface area contributed by atoms with Gasteiger partial charge in [0.1, 0.15) is 48.6 Å². The third-order valence-corrected chi connectivity index (χ3v) is 5.08. The lowest BCUT2D eigenvalue weighted by atomic mass is 9.91. The highest BCUT2D eigenvalue weighted by Gasteiger charge is 2.43. The van der Waals surface area contributed by atoms with E-state index in [1.807, 2.05) is 0 Å². The van der Waals surface area contributed by atoms with Crippen LogP contribution in [0.2, 0.25) is 0 Å². The van der Waals surface area contributed by atoms with Crippen LogP contribution >= 0.6 is 0 Å². The van der Waals surface area contributed by atoms with E-state index >= 15 is 4.39 Å². The summed E-state index contributed by atoms with van der Waals surface area (Å²) in [5.41, 5.74) is -2.70. The smallest absolute Gasteiger partial charge is 0.408 e. The summed E-state index contributed by atoms with van der Waals surface area (Å²) in [6.07, 6.45) is 4.45. The Kier molecular flexibility index (Phi) is 8.00. The molecule has 13 heteroatoms. The Morgan fingerprint density at radius 3 is 2.03 bits per heavy atom. The molecule has 1 N–H and O–H groups in total. The molecule has 11 nitrogen and oxygen atoms in total. The highest BCUT2D eigenvalue weighted by Crippen LogP contribution is 2.33. The molecule has 1 amide bonds. The van der Waals surface area contributed by atoms with E-state index in [9.17, 15) is 14.0 Å². The highest BCUT2D eigenvalue weighted by molar-refractivity contribution is 5.82. The van der Waals surface area contributed by atoms with Gasteiger partial charge in [-0.2, -0.15) is 10.2 Å². The monoisotopic (exact) mass is 505 g/mol. The number of hydrogen-bond donors (Lipinski definition) is 1. The lowest BCUT2D eigenvalue weighted by Gasteiger charge is -2.36. The summed E-state index contributed by atoms with van der Waals surface area (Å²) in [5.74, 6) is -3.02. The van der Waals surface area contributed by atoms with Gasteiger partial charge in [-0.05, 0) is 38.8 Å². The first-order chi connectivity index (χ1) is 16.9. The molecule has 0 spiro atoms. The van der Waals surface area contributed by atoms with Gasteiger partial charge in [0.05, 0.1) is 13.1 Å². The second-order valence-electron chi connectivity index (χ2n) is 9.59. The quantitative estimate of drug-likeness (QED) is 0.440. The van der Waals surface area contributed by atoms with Crippen LogP contribution < -0.4 is 5.32 Å². The number of benzene rings is 1. The molecule has 1 aromatic carbocycles. The Morgan fingerprint density at radius 1 is 1.00 bits per heavy atom. The Bertz CT molecular complexity index is 1130. The minimum Gasteiger partial charge on any atom is -0.449 e. The Labute approximate surface area is 206 Å². The number of rotatable bonds is 9. The Hall–Kier alpha value is -3.90. The number of hydrogen-bond acceptors (Lipinski definition) is 8. The summed E-state index contributed by atoms with van der Waals surface area (Å²) in [5, 5.41) is 10.7. The van der Waals surface area contributed by atoms with Gasteiger partial charge >= 0.3 is 12.1 Å². The number of ether oxygens (including phenoxy) is 2. The first-order valence-electron chi connectivity index (χ1n) is 11.2. The van der Waals surface area contributed by atoms with Gasteiger partial charge in [-0.25, -0.2) is 37.7 Å². The molecule has 1 unspecified atom stereocenters. The first-order valence-corrected chi connectivity index (χ1v) is 11.2. The number of amides is 1. The van der Waals surface area contributed by atoms with Gasteiger partial charge in [-0.1, -0.05) is 13.8 Å². The van der Waals surface area contributed by atoms with E-state index < -0.39 is 46.9 Å². The highest BCUT2D eigenvalue weighted by atomic mass is 19.1. The van der Waals surface area contributed by atoms with Gasteiger partial charge in [-0.3, -0.25) is 0 Å². The van der Waals surface area contributed by atoms with Crippen molar-refractivity contribution in [1.82, 2.24) is 34.8 Å². The van der Waals surface area contributed by atoms with E-state index in [-0.39, 0.29) is 18.7 Å². The molecule has 0 radical (unpaired) electrons. The van der Waals surface area contributed by atoms with Gasteiger partial charge in [-0.15, -0.1) is 0 Å². The summed E-state index contributed by atoms with van der Waals surface area (Å²) >= 11 is 0. The van der Waals surface area contributed by atoms with Gasteiger partial charge in [0.25, 0.3) is 0 Å². The van der Waals surface area contributed by atoms with Gasteiger partial charge in [0.2, 0.25) is 0 Å². The van der Waals surface area contributed by atoms with E-state index in [1.54, 1.807) is 34.6 Å². The van der Waals surface area contributed by atoms with Crippen molar-refractivity contribution >= 4 is 12.1 Å². The molecule has 0 aliphatic carbocycles. The van der Waals surface area contributed by atoms with Crippen molar-refractivity contribution in [1.29, 1.82) is 0 Å². The molecule has 0 fully saturated rings. The average molecular weight is 506 g/mol. The molecule has 0 bridgehead atoms. The van der Waals surface area contributed by atoms with Crippen LogP contribution in [0.5, 0.6) is 0 Å². The normalized spacial score (nSPS) is 12.9. The first kappa shape index (κ1) is 26.7. The van der Waals surface area contributed by atoms with Crippen molar-refractivity contribution < 1.29 is 27.8 Å². The zero-order valence-corrected chi connectivity index (χ0v) is 20.7. The summed E-state index contributed by atoms with van der Waals surface area (Å²) in [7, 11) is 0. The number of nitrogens with zero attached hydrogens (tertiary/aromatic N) is 6. The molecule has 0 aliphatic heterocycles. The molecule has 36 heavy (non-hydrogen) atoms. The predicted molar refractivity (Wildman–Crippen MR) is 122 cm³/mol. The SMILES string of the molecule is CC(C)C(NC(=O)OC(C)(C)C)C(=O)OC(Cn1cncn1)(Cn1cncn1)c1ccc(F)cc1F. The number of esters is 1. The van der Waals surface area contributed by atoms with Crippen LogP contribution in [-0.2, 0) is 33.0 Å². The number of carbonyl (C=O) groups is 2. The van der Waals surface area contributed by atoms with Crippen molar-refractivity contribution in [2.45, 2.75) is 65.0 Å². The molecular weight excluding hydrogens is 476 g/mol. The van der Waals surface area contributed by atoms with Crippen LogP contribution in [0, 0.1) is 17.6 Å². The van der Waals surface area contributed by atoms with Crippen LogP contribution in [0.4, 0.5) is 13.6 Å². The van der Waals surface area contributed by atoms with Crippen molar-refractivity contribution in [3.05, 3.63) is 60.7 Å². The van der Waals surface area contributed by atoms with E-state index in [2.05, 4.69) is 25.5 Å². The molecule has 2 heterocycles. The number of alkyl carbamates (subject to hydrolysis) is 1. The number of carbonyl (C=O) groups excluding carboxylic acids is 2. The average Bonchev–Trinajstić information content (AvgIpc) is 3.44. The molecule has 194 valence electrons. The van der Waals surface area contributed by atoms with E-state index in [1.165, 1.54) is 40.7 Å². The summed E-state index contributed by atoms with van der Waals surface area (Å²) in [4.78, 5) is 33.8. The summed E-state index contributed by atoms with van der Waals surface area (Å²) in [6, 6.07) is 1.80. The fraction of sp³-hybridized carbons (Fsp3) is 0.478. The number of aromatic nitrogens is 6. The topological polar surface area (TPSA) is 126 Å². The molecule has 0 aliphatic rings. The maximum absolute atomic E-state index is 15.2. The molecule has 1 atom stereocenters. The second-order valence-corrected chi connectivity index (χ2v) is 9.59. The zero-order valence-electron chi connectivity index (χ0n) is 20.7. The molecule has 3 aromatic rings. The molecule has 3 rings (SSSR count). The van der Waals surface area contributed by atoms with Gasteiger partial charge in [0.15, 0.2) is 5.60 Å². The van der Waals surface area contributed by atoms with Gasteiger partial charge in [0, 0.05) is 11.6 Å².